The molecule has 162 valence electrons. The lowest BCUT2D eigenvalue weighted by Gasteiger charge is -2.13. The molecule has 2 nitrogen and oxygen atoms in total. The first-order chi connectivity index (χ1) is 16.7. The van der Waals surface area contributed by atoms with Crippen molar-refractivity contribution < 1.29 is 0 Å². The van der Waals surface area contributed by atoms with E-state index in [4.69, 9.17) is 0 Å². The number of nitrogens with one attached hydrogen (secondary N) is 2. The van der Waals surface area contributed by atoms with Gasteiger partial charge >= 0.3 is 0 Å². The minimum Gasteiger partial charge on any atom is -0.353 e. The average molecular weight is 566 g/mol. The number of aromatic amines is 2. The zero-order valence-corrected chi connectivity index (χ0v) is 21.2. The average Bonchev–Trinajstić information content (AvgIpc) is 3.45. The maximum absolute atomic E-state index is 3.81. The molecule has 0 saturated heterocycles. The van der Waals surface area contributed by atoms with Gasteiger partial charge in [0, 0.05) is 41.6 Å². The van der Waals surface area contributed by atoms with Crippen LogP contribution in [0.3, 0.4) is 0 Å². The van der Waals surface area contributed by atoms with E-state index in [0.717, 1.165) is 31.0 Å². The molecule has 4 heteroatoms. The molecule has 0 aliphatic heterocycles. The molecule has 0 saturated carbocycles. The van der Waals surface area contributed by atoms with Gasteiger partial charge in [-0.1, -0.05) is 84.9 Å². The summed E-state index contributed by atoms with van der Waals surface area (Å²) in [6, 6.07) is 34.3. The molecule has 2 aromatic heterocycles. The fourth-order valence-corrected chi connectivity index (χ4v) is 6.23. The van der Waals surface area contributed by atoms with E-state index in [-0.39, 0.29) is 0 Å². The highest BCUT2D eigenvalue weighted by Gasteiger charge is 2.24. The number of fused-ring (bicyclic) bond motifs is 6. The molecule has 0 fully saturated rings. The lowest BCUT2D eigenvalue weighted by Crippen LogP contribution is -1.88. The molecular formula is C30H18Br2N2. The molecule has 2 heterocycles. The second-order valence-corrected chi connectivity index (χ2v) is 10.3. The van der Waals surface area contributed by atoms with Crippen molar-refractivity contribution in [2.75, 3.05) is 0 Å². The molecule has 0 radical (unpaired) electrons. The quantitative estimate of drug-likeness (QED) is 0.209. The van der Waals surface area contributed by atoms with Crippen LogP contribution in [0.15, 0.2) is 106 Å². The SMILES string of the molecule is Brc1cccc2c1[nH]c1c(-c3ccccc3)c3c([nH]c4c(Br)cccc43)c(-c3ccccc3)c12. The smallest absolute Gasteiger partial charge is 0.0609 e. The van der Waals surface area contributed by atoms with Crippen molar-refractivity contribution in [3.8, 4) is 22.3 Å². The van der Waals surface area contributed by atoms with Crippen molar-refractivity contribution in [3.63, 3.8) is 0 Å². The molecule has 0 aliphatic rings. The summed E-state index contributed by atoms with van der Waals surface area (Å²) in [7, 11) is 0. The van der Waals surface area contributed by atoms with E-state index >= 15 is 0 Å². The van der Waals surface area contributed by atoms with Gasteiger partial charge in [0.2, 0.25) is 0 Å². The Morgan fingerprint density at radius 1 is 0.412 bits per heavy atom. The Labute approximate surface area is 212 Å². The van der Waals surface area contributed by atoms with Gasteiger partial charge in [0.1, 0.15) is 0 Å². The predicted molar refractivity (Wildman–Crippen MR) is 151 cm³/mol. The van der Waals surface area contributed by atoms with Gasteiger partial charge in [-0.2, -0.15) is 0 Å². The molecule has 7 rings (SSSR count). The highest BCUT2D eigenvalue weighted by Crippen LogP contribution is 2.49. The summed E-state index contributed by atoms with van der Waals surface area (Å²) in [6.07, 6.45) is 0. The highest BCUT2D eigenvalue weighted by molar-refractivity contribution is 9.11. The molecular weight excluding hydrogens is 548 g/mol. The van der Waals surface area contributed by atoms with Gasteiger partial charge in [-0.3, -0.25) is 0 Å². The van der Waals surface area contributed by atoms with E-state index in [2.05, 4.69) is 139 Å². The topological polar surface area (TPSA) is 31.6 Å². The minimum absolute atomic E-state index is 1.07. The fraction of sp³-hybridized carbons (Fsp3) is 0. The van der Waals surface area contributed by atoms with Crippen molar-refractivity contribution in [3.05, 3.63) is 106 Å². The summed E-state index contributed by atoms with van der Waals surface area (Å²) in [5, 5.41) is 4.88. The predicted octanol–water partition coefficient (Wildman–Crippen LogP) is 9.81. The fourth-order valence-electron chi connectivity index (χ4n) is 5.29. The third-order valence-electron chi connectivity index (χ3n) is 6.69. The lowest BCUT2D eigenvalue weighted by molar-refractivity contribution is 1.51. The first-order valence-electron chi connectivity index (χ1n) is 11.2. The Balaban J connectivity index is 1.85. The van der Waals surface area contributed by atoms with E-state index < -0.39 is 0 Å². The molecule has 7 aromatic rings. The number of H-pyrrole nitrogens is 2. The molecule has 0 aliphatic carbocycles. The number of rotatable bonds is 2. The van der Waals surface area contributed by atoms with Gasteiger partial charge in [0.25, 0.3) is 0 Å². The number of hydrogen-bond donors (Lipinski definition) is 2. The van der Waals surface area contributed by atoms with Crippen LogP contribution in [-0.2, 0) is 0 Å². The van der Waals surface area contributed by atoms with Crippen LogP contribution >= 0.6 is 31.9 Å². The van der Waals surface area contributed by atoms with E-state index in [1.165, 1.54) is 43.8 Å². The van der Waals surface area contributed by atoms with Crippen molar-refractivity contribution in [1.82, 2.24) is 9.97 Å². The summed E-state index contributed by atoms with van der Waals surface area (Å²) < 4.78 is 2.13. The van der Waals surface area contributed by atoms with Gasteiger partial charge in [0.15, 0.2) is 0 Å². The molecule has 0 spiro atoms. The Kier molecular flexibility index (Phi) is 4.48. The minimum atomic E-state index is 1.07. The van der Waals surface area contributed by atoms with E-state index in [0.29, 0.717) is 0 Å². The first-order valence-corrected chi connectivity index (χ1v) is 12.8. The molecule has 34 heavy (non-hydrogen) atoms. The number of halogens is 2. The van der Waals surface area contributed by atoms with Crippen molar-refractivity contribution >= 4 is 75.5 Å². The van der Waals surface area contributed by atoms with Gasteiger partial charge in [-0.15, -0.1) is 0 Å². The van der Waals surface area contributed by atoms with Gasteiger partial charge < -0.3 is 9.97 Å². The van der Waals surface area contributed by atoms with Gasteiger partial charge in [-0.05, 0) is 55.1 Å². The first kappa shape index (κ1) is 20.1. The summed E-state index contributed by atoms with van der Waals surface area (Å²) in [5.74, 6) is 0. The van der Waals surface area contributed by atoms with Crippen molar-refractivity contribution in [2.24, 2.45) is 0 Å². The summed E-state index contributed by atoms with van der Waals surface area (Å²) in [4.78, 5) is 7.62. The summed E-state index contributed by atoms with van der Waals surface area (Å²) in [5.41, 5.74) is 9.37. The highest BCUT2D eigenvalue weighted by atomic mass is 79.9. The van der Waals surface area contributed by atoms with Gasteiger partial charge in [-0.25, -0.2) is 0 Å². The normalized spacial score (nSPS) is 11.8. The Bertz CT molecular complexity index is 1720. The Morgan fingerprint density at radius 3 is 1.24 bits per heavy atom. The molecule has 0 amide bonds. The van der Waals surface area contributed by atoms with E-state index in [1.807, 2.05) is 0 Å². The van der Waals surface area contributed by atoms with Crippen LogP contribution < -0.4 is 0 Å². The van der Waals surface area contributed by atoms with Crippen molar-refractivity contribution in [1.29, 1.82) is 0 Å². The maximum Gasteiger partial charge on any atom is 0.0609 e. The third-order valence-corrected chi connectivity index (χ3v) is 8.01. The Morgan fingerprint density at radius 2 is 0.824 bits per heavy atom. The van der Waals surface area contributed by atoms with Crippen LogP contribution in [-0.4, -0.2) is 9.97 Å². The second kappa shape index (κ2) is 7.59. The number of benzene rings is 5. The molecule has 0 unspecified atom stereocenters. The summed E-state index contributed by atoms with van der Waals surface area (Å²) in [6.45, 7) is 0. The molecule has 0 atom stereocenters. The van der Waals surface area contributed by atoms with Crippen molar-refractivity contribution in [2.45, 2.75) is 0 Å². The molecule has 0 bridgehead atoms. The maximum atomic E-state index is 3.81. The zero-order valence-electron chi connectivity index (χ0n) is 18.0. The van der Waals surface area contributed by atoms with Crippen LogP contribution in [0.2, 0.25) is 0 Å². The molecule has 5 aromatic carbocycles. The standard InChI is InChI=1S/C30H18Br2N2/c31-21-15-7-13-19-25-23(17-9-3-1-4-10-17)29-26(20-14-8-16-22(32)28(20)33-29)24(30(25)34-27(19)21)18-11-5-2-6-12-18/h1-16,33-34H. The molecule has 2 N–H and O–H groups in total. The van der Waals surface area contributed by atoms with Crippen LogP contribution in [0.1, 0.15) is 0 Å². The van der Waals surface area contributed by atoms with Crippen LogP contribution in [0.25, 0.3) is 65.9 Å². The second-order valence-electron chi connectivity index (χ2n) is 8.56. The summed E-state index contributed by atoms with van der Waals surface area (Å²) >= 11 is 7.57. The van der Waals surface area contributed by atoms with Crippen LogP contribution in [0, 0.1) is 0 Å². The van der Waals surface area contributed by atoms with E-state index in [1.54, 1.807) is 0 Å². The number of hydrogen-bond acceptors (Lipinski definition) is 0. The number of aromatic nitrogens is 2. The largest absolute Gasteiger partial charge is 0.353 e. The van der Waals surface area contributed by atoms with E-state index in [9.17, 15) is 0 Å². The number of para-hydroxylation sites is 2. The van der Waals surface area contributed by atoms with Crippen LogP contribution in [0.5, 0.6) is 0 Å². The zero-order chi connectivity index (χ0) is 22.8. The third kappa shape index (κ3) is 2.79. The van der Waals surface area contributed by atoms with Crippen LogP contribution in [0.4, 0.5) is 0 Å². The Hall–Kier alpha value is -3.34. The lowest BCUT2D eigenvalue weighted by atomic mass is 9.90. The monoisotopic (exact) mass is 564 g/mol. The van der Waals surface area contributed by atoms with Gasteiger partial charge in [0.05, 0.1) is 22.1 Å².